The number of amides is 1. The van der Waals surface area contributed by atoms with Crippen molar-refractivity contribution in [2.75, 3.05) is 13.2 Å². The molecule has 0 bridgehead atoms. The summed E-state index contributed by atoms with van der Waals surface area (Å²) in [5, 5.41) is 4.14. The zero-order valence-corrected chi connectivity index (χ0v) is 19.1. The molecular formula is C27H30N2O4. The number of hydrogen-bond donors (Lipinski definition) is 1. The number of benzene rings is 3. The predicted molar refractivity (Wildman–Crippen MR) is 130 cm³/mol. The van der Waals surface area contributed by atoms with Crippen molar-refractivity contribution < 1.29 is 19.0 Å². The molecule has 0 heterocycles. The summed E-state index contributed by atoms with van der Waals surface area (Å²) in [6.45, 7) is 5.70. The monoisotopic (exact) mass is 446 g/mol. The van der Waals surface area contributed by atoms with Crippen LogP contribution in [0.15, 0.2) is 77.9 Å². The summed E-state index contributed by atoms with van der Waals surface area (Å²) in [6.07, 6.45) is 3.38. The Bertz CT molecular complexity index is 1050. The summed E-state index contributed by atoms with van der Waals surface area (Å²) >= 11 is 0. The normalized spacial score (nSPS) is 10.7. The Morgan fingerprint density at radius 1 is 0.848 bits per heavy atom. The van der Waals surface area contributed by atoms with Crippen molar-refractivity contribution in [2.24, 2.45) is 5.10 Å². The van der Waals surface area contributed by atoms with E-state index in [0.29, 0.717) is 36.9 Å². The van der Waals surface area contributed by atoms with Gasteiger partial charge in [-0.1, -0.05) is 56.3 Å². The molecule has 3 aromatic rings. The van der Waals surface area contributed by atoms with E-state index >= 15 is 0 Å². The Morgan fingerprint density at radius 3 is 2.36 bits per heavy atom. The van der Waals surface area contributed by atoms with Crippen LogP contribution in [0.25, 0.3) is 0 Å². The Labute approximate surface area is 195 Å². The lowest BCUT2D eigenvalue weighted by Crippen LogP contribution is -2.18. The van der Waals surface area contributed by atoms with Gasteiger partial charge in [0.05, 0.1) is 25.0 Å². The van der Waals surface area contributed by atoms with Gasteiger partial charge in [0.1, 0.15) is 23.9 Å². The summed E-state index contributed by atoms with van der Waals surface area (Å²) in [4.78, 5) is 12.7. The maximum Gasteiger partial charge on any atom is 0.275 e. The minimum Gasteiger partial charge on any atom is -0.493 e. The highest BCUT2D eigenvalue weighted by Gasteiger charge is 2.12. The SMILES string of the molecule is CCCOc1ccc(C=NNC(=O)c2ccccc2OCc2ccccc2)c(OCCC)c1. The fourth-order valence-corrected chi connectivity index (χ4v) is 3.00. The Morgan fingerprint density at radius 2 is 1.58 bits per heavy atom. The molecule has 0 radical (unpaired) electrons. The molecule has 0 aliphatic rings. The molecule has 0 aliphatic heterocycles. The van der Waals surface area contributed by atoms with Gasteiger partial charge in [-0.3, -0.25) is 4.79 Å². The molecule has 6 nitrogen and oxygen atoms in total. The van der Waals surface area contributed by atoms with Crippen molar-refractivity contribution in [1.82, 2.24) is 5.43 Å². The minimum absolute atomic E-state index is 0.353. The maximum absolute atomic E-state index is 12.7. The third-order valence-electron chi connectivity index (χ3n) is 4.66. The van der Waals surface area contributed by atoms with Crippen LogP contribution in [0.1, 0.15) is 48.2 Å². The molecule has 33 heavy (non-hydrogen) atoms. The summed E-state index contributed by atoms with van der Waals surface area (Å²) < 4.78 is 17.4. The van der Waals surface area contributed by atoms with E-state index in [-0.39, 0.29) is 5.91 Å². The van der Waals surface area contributed by atoms with Gasteiger partial charge in [-0.25, -0.2) is 5.43 Å². The lowest BCUT2D eigenvalue weighted by Gasteiger charge is -2.12. The molecule has 172 valence electrons. The Balaban J connectivity index is 1.67. The molecule has 0 saturated carbocycles. The number of hydrogen-bond acceptors (Lipinski definition) is 5. The molecule has 0 saturated heterocycles. The number of para-hydroxylation sites is 1. The van der Waals surface area contributed by atoms with E-state index in [1.54, 1.807) is 24.4 Å². The second-order valence-corrected chi connectivity index (χ2v) is 7.37. The molecule has 0 aromatic heterocycles. The van der Waals surface area contributed by atoms with Crippen LogP contribution in [-0.4, -0.2) is 25.3 Å². The third kappa shape index (κ3) is 7.38. The van der Waals surface area contributed by atoms with Gasteiger partial charge in [0.15, 0.2) is 0 Å². The zero-order chi connectivity index (χ0) is 23.3. The topological polar surface area (TPSA) is 69.2 Å². The van der Waals surface area contributed by atoms with Gasteiger partial charge in [-0.15, -0.1) is 0 Å². The summed E-state index contributed by atoms with van der Waals surface area (Å²) in [5.74, 6) is 1.55. The first-order valence-corrected chi connectivity index (χ1v) is 11.2. The van der Waals surface area contributed by atoms with Crippen molar-refractivity contribution in [3.8, 4) is 17.2 Å². The van der Waals surface area contributed by atoms with E-state index in [4.69, 9.17) is 14.2 Å². The molecule has 3 aromatic carbocycles. The van der Waals surface area contributed by atoms with Crippen LogP contribution in [0, 0.1) is 0 Å². The predicted octanol–water partition coefficient (Wildman–Crippen LogP) is 5.61. The first-order valence-electron chi connectivity index (χ1n) is 11.2. The number of hydrazone groups is 1. The van der Waals surface area contributed by atoms with Crippen molar-refractivity contribution in [2.45, 2.75) is 33.3 Å². The van der Waals surface area contributed by atoms with E-state index in [1.807, 2.05) is 61.5 Å². The van der Waals surface area contributed by atoms with Gasteiger partial charge < -0.3 is 14.2 Å². The summed E-state index contributed by atoms with van der Waals surface area (Å²) in [7, 11) is 0. The average Bonchev–Trinajstić information content (AvgIpc) is 2.86. The Hall–Kier alpha value is -3.80. The largest absolute Gasteiger partial charge is 0.493 e. The lowest BCUT2D eigenvalue weighted by molar-refractivity contribution is 0.0950. The van der Waals surface area contributed by atoms with Crippen molar-refractivity contribution in [3.63, 3.8) is 0 Å². The first kappa shape index (κ1) is 23.9. The van der Waals surface area contributed by atoms with Gasteiger partial charge in [0.25, 0.3) is 5.91 Å². The summed E-state index contributed by atoms with van der Waals surface area (Å²) in [6, 6.07) is 22.5. The number of nitrogens with zero attached hydrogens (tertiary/aromatic N) is 1. The quantitative estimate of drug-likeness (QED) is 0.290. The number of carbonyl (C=O) groups excluding carboxylic acids is 1. The van der Waals surface area contributed by atoms with Crippen molar-refractivity contribution in [1.29, 1.82) is 0 Å². The number of carbonyl (C=O) groups is 1. The Kier molecular flexibility index (Phi) is 9.33. The van der Waals surface area contributed by atoms with Crippen LogP contribution in [0.5, 0.6) is 17.2 Å². The second-order valence-electron chi connectivity index (χ2n) is 7.37. The molecule has 6 heteroatoms. The van der Waals surface area contributed by atoms with Crippen LogP contribution in [0.3, 0.4) is 0 Å². The van der Waals surface area contributed by atoms with Gasteiger partial charge in [0.2, 0.25) is 0 Å². The fourth-order valence-electron chi connectivity index (χ4n) is 3.00. The average molecular weight is 447 g/mol. The van der Waals surface area contributed by atoms with E-state index in [1.165, 1.54) is 0 Å². The smallest absolute Gasteiger partial charge is 0.275 e. The van der Waals surface area contributed by atoms with Crippen LogP contribution < -0.4 is 19.6 Å². The van der Waals surface area contributed by atoms with E-state index in [9.17, 15) is 4.79 Å². The minimum atomic E-state index is -0.353. The van der Waals surface area contributed by atoms with Crippen molar-refractivity contribution in [3.05, 3.63) is 89.5 Å². The van der Waals surface area contributed by atoms with Crippen LogP contribution >= 0.6 is 0 Å². The first-order chi connectivity index (χ1) is 16.2. The van der Waals surface area contributed by atoms with Crippen LogP contribution in [0.2, 0.25) is 0 Å². The standard InChI is InChI=1S/C27H30N2O4/c1-3-16-31-23-15-14-22(26(18-23)32-17-4-2)19-28-29-27(30)24-12-8-9-13-25(24)33-20-21-10-6-5-7-11-21/h5-15,18-19H,3-4,16-17,20H2,1-2H3,(H,29,30). The van der Waals surface area contributed by atoms with Gasteiger partial charge in [-0.2, -0.15) is 5.10 Å². The summed E-state index contributed by atoms with van der Waals surface area (Å²) in [5.41, 5.74) is 4.77. The molecular weight excluding hydrogens is 416 g/mol. The molecule has 3 rings (SSSR count). The second kappa shape index (κ2) is 12.9. The number of rotatable bonds is 12. The van der Waals surface area contributed by atoms with Crippen LogP contribution in [-0.2, 0) is 6.61 Å². The fraction of sp³-hybridized carbons (Fsp3) is 0.259. The highest BCUT2D eigenvalue weighted by atomic mass is 16.5. The van der Waals surface area contributed by atoms with Crippen molar-refractivity contribution >= 4 is 12.1 Å². The zero-order valence-electron chi connectivity index (χ0n) is 19.1. The van der Waals surface area contributed by atoms with Gasteiger partial charge in [0, 0.05) is 11.6 Å². The third-order valence-corrected chi connectivity index (χ3v) is 4.66. The van der Waals surface area contributed by atoms with Gasteiger partial charge in [-0.05, 0) is 42.7 Å². The molecule has 0 spiro atoms. The molecule has 0 unspecified atom stereocenters. The van der Waals surface area contributed by atoms with Gasteiger partial charge >= 0.3 is 0 Å². The highest BCUT2D eigenvalue weighted by Crippen LogP contribution is 2.24. The number of ether oxygens (including phenoxy) is 3. The lowest BCUT2D eigenvalue weighted by atomic mass is 10.2. The molecule has 0 fully saturated rings. The molecule has 1 amide bonds. The maximum atomic E-state index is 12.7. The molecule has 0 atom stereocenters. The van der Waals surface area contributed by atoms with E-state index < -0.39 is 0 Å². The van der Waals surface area contributed by atoms with E-state index in [2.05, 4.69) is 17.5 Å². The van der Waals surface area contributed by atoms with E-state index in [0.717, 1.165) is 29.7 Å². The molecule has 0 aliphatic carbocycles. The highest BCUT2D eigenvalue weighted by molar-refractivity contribution is 5.97. The van der Waals surface area contributed by atoms with Crippen LogP contribution in [0.4, 0.5) is 0 Å². The molecule has 1 N–H and O–H groups in total. The number of nitrogens with one attached hydrogen (secondary N) is 1.